The van der Waals surface area contributed by atoms with Gasteiger partial charge in [0.25, 0.3) is 0 Å². The Hall–Kier alpha value is -0.850. The molecule has 21 heavy (non-hydrogen) atoms. The average molecular weight is 417 g/mol. The molecule has 112 valence electrons. The Kier molecular flexibility index (Phi) is 6.26. The molecule has 0 aliphatic carbocycles. The van der Waals surface area contributed by atoms with Gasteiger partial charge >= 0.3 is 0 Å². The van der Waals surface area contributed by atoms with Crippen LogP contribution in [0.4, 0.5) is 0 Å². The van der Waals surface area contributed by atoms with Crippen molar-refractivity contribution in [3.8, 4) is 5.75 Å². The van der Waals surface area contributed by atoms with Crippen LogP contribution in [0, 0.1) is 3.57 Å². The van der Waals surface area contributed by atoms with Crippen molar-refractivity contribution in [3.05, 3.63) is 56.4 Å². The number of nitrogens with one attached hydrogen (secondary N) is 1. The number of nitrogens with zero attached hydrogens (tertiary/aromatic N) is 1. The molecule has 0 saturated carbocycles. The summed E-state index contributed by atoms with van der Waals surface area (Å²) in [7, 11) is 1.93. The average Bonchev–Trinajstić information content (AvgIpc) is 2.50. The maximum atomic E-state index is 6.13. The fourth-order valence-electron chi connectivity index (χ4n) is 2.13. The molecule has 1 aromatic heterocycles. The molecule has 0 fully saturated rings. The summed E-state index contributed by atoms with van der Waals surface area (Å²) in [6.07, 6.45) is 4.58. The summed E-state index contributed by atoms with van der Waals surface area (Å²) >= 11 is 8.46. The van der Waals surface area contributed by atoms with E-state index in [1.807, 2.05) is 37.5 Å². The van der Waals surface area contributed by atoms with Crippen molar-refractivity contribution in [2.45, 2.75) is 19.4 Å². The Morgan fingerprint density at radius 3 is 2.86 bits per heavy atom. The molecule has 0 bridgehead atoms. The van der Waals surface area contributed by atoms with Crippen LogP contribution >= 0.6 is 34.2 Å². The number of hydrogen-bond acceptors (Lipinski definition) is 3. The van der Waals surface area contributed by atoms with Crippen LogP contribution < -0.4 is 10.1 Å². The van der Waals surface area contributed by atoms with Gasteiger partial charge in [0.05, 0.1) is 18.8 Å². The molecule has 3 nitrogen and oxygen atoms in total. The third-order valence-corrected chi connectivity index (χ3v) is 4.32. The van der Waals surface area contributed by atoms with Crippen LogP contribution in [0.2, 0.25) is 5.02 Å². The monoisotopic (exact) mass is 416 g/mol. The van der Waals surface area contributed by atoms with Gasteiger partial charge in [0.1, 0.15) is 5.75 Å². The molecule has 0 saturated heterocycles. The van der Waals surface area contributed by atoms with Gasteiger partial charge in [0, 0.05) is 14.8 Å². The molecule has 1 heterocycles. The number of pyridine rings is 1. The third-order valence-electron chi connectivity index (χ3n) is 3.10. The normalized spacial score (nSPS) is 12.2. The summed E-state index contributed by atoms with van der Waals surface area (Å²) in [4.78, 5) is 4.28. The molecule has 5 heteroatoms. The van der Waals surface area contributed by atoms with Crippen molar-refractivity contribution in [1.82, 2.24) is 10.3 Å². The van der Waals surface area contributed by atoms with Crippen molar-refractivity contribution in [2.75, 3.05) is 13.7 Å². The van der Waals surface area contributed by atoms with E-state index in [9.17, 15) is 0 Å². The molecule has 1 atom stereocenters. The zero-order chi connectivity index (χ0) is 15.2. The SMILES string of the molecule is CCCOc1cncc(C(NC)c2cc(Cl)ccc2I)c1. The second-order valence-corrected chi connectivity index (χ2v) is 6.29. The highest BCUT2D eigenvalue weighted by Gasteiger charge is 2.16. The van der Waals surface area contributed by atoms with Crippen LogP contribution in [0.15, 0.2) is 36.7 Å². The van der Waals surface area contributed by atoms with Gasteiger partial charge in [-0.25, -0.2) is 0 Å². The van der Waals surface area contributed by atoms with Gasteiger partial charge in [-0.2, -0.15) is 0 Å². The van der Waals surface area contributed by atoms with E-state index in [0.717, 1.165) is 31.9 Å². The minimum absolute atomic E-state index is 0.0354. The Bertz CT molecular complexity index is 607. The smallest absolute Gasteiger partial charge is 0.137 e. The van der Waals surface area contributed by atoms with E-state index < -0.39 is 0 Å². The van der Waals surface area contributed by atoms with Gasteiger partial charge in [-0.05, 0) is 71.5 Å². The topological polar surface area (TPSA) is 34.1 Å². The molecule has 1 aromatic carbocycles. The first-order chi connectivity index (χ1) is 10.2. The minimum Gasteiger partial charge on any atom is -0.492 e. The van der Waals surface area contributed by atoms with E-state index in [2.05, 4.69) is 39.8 Å². The van der Waals surface area contributed by atoms with Crippen LogP contribution in [-0.4, -0.2) is 18.6 Å². The highest BCUT2D eigenvalue weighted by atomic mass is 127. The first-order valence-electron chi connectivity index (χ1n) is 6.85. The van der Waals surface area contributed by atoms with Crippen LogP contribution in [0.1, 0.15) is 30.5 Å². The molecule has 0 amide bonds. The Morgan fingerprint density at radius 2 is 2.14 bits per heavy atom. The van der Waals surface area contributed by atoms with Crippen LogP contribution in [0.5, 0.6) is 5.75 Å². The molecule has 0 aliphatic heterocycles. The summed E-state index contributed by atoms with van der Waals surface area (Å²) in [5.41, 5.74) is 2.20. The van der Waals surface area contributed by atoms with E-state index in [1.54, 1.807) is 6.20 Å². The summed E-state index contributed by atoms with van der Waals surface area (Å²) in [5.74, 6) is 0.798. The second-order valence-electron chi connectivity index (χ2n) is 4.69. The fourth-order valence-corrected chi connectivity index (χ4v) is 2.96. The molecule has 2 rings (SSSR count). The number of halogens is 2. The second kappa shape index (κ2) is 7.96. The lowest BCUT2D eigenvalue weighted by molar-refractivity contribution is 0.315. The fraction of sp³-hybridized carbons (Fsp3) is 0.312. The molecular weight excluding hydrogens is 399 g/mol. The molecule has 1 unspecified atom stereocenters. The number of rotatable bonds is 6. The predicted molar refractivity (Wildman–Crippen MR) is 95.1 cm³/mol. The van der Waals surface area contributed by atoms with E-state index >= 15 is 0 Å². The maximum Gasteiger partial charge on any atom is 0.137 e. The third kappa shape index (κ3) is 4.31. The molecular formula is C16H18ClIN2O. The van der Waals surface area contributed by atoms with E-state index in [-0.39, 0.29) is 6.04 Å². The van der Waals surface area contributed by atoms with Crippen molar-refractivity contribution in [1.29, 1.82) is 0 Å². The number of hydrogen-bond donors (Lipinski definition) is 1. The van der Waals surface area contributed by atoms with Crippen LogP contribution in [0.3, 0.4) is 0 Å². The summed E-state index contributed by atoms with van der Waals surface area (Å²) < 4.78 is 6.83. The van der Waals surface area contributed by atoms with Crippen LogP contribution in [-0.2, 0) is 0 Å². The molecule has 1 N–H and O–H groups in total. The minimum atomic E-state index is 0.0354. The maximum absolute atomic E-state index is 6.13. The van der Waals surface area contributed by atoms with Crippen molar-refractivity contribution in [2.24, 2.45) is 0 Å². The zero-order valence-electron chi connectivity index (χ0n) is 12.1. The van der Waals surface area contributed by atoms with Gasteiger partial charge in [0.2, 0.25) is 0 Å². The number of aromatic nitrogens is 1. The number of benzene rings is 1. The Morgan fingerprint density at radius 1 is 1.33 bits per heavy atom. The lowest BCUT2D eigenvalue weighted by Crippen LogP contribution is -2.19. The first-order valence-corrected chi connectivity index (χ1v) is 8.31. The van der Waals surface area contributed by atoms with Gasteiger partial charge in [-0.3, -0.25) is 4.98 Å². The summed E-state index contributed by atoms with van der Waals surface area (Å²) in [6.45, 7) is 2.78. The Balaban J connectivity index is 2.34. The summed E-state index contributed by atoms with van der Waals surface area (Å²) in [5, 5.41) is 4.06. The molecule has 0 spiro atoms. The van der Waals surface area contributed by atoms with Crippen molar-refractivity contribution >= 4 is 34.2 Å². The molecule has 2 aromatic rings. The van der Waals surface area contributed by atoms with E-state index in [4.69, 9.17) is 16.3 Å². The first kappa shape index (κ1) is 16.5. The molecule has 0 aliphatic rings. The van der Waals surface area contributed by atoms with Gasteiger partial charge < -0.3 is 10.1 Å². The van der Waals surface area contributed by atoms with E-state index in [0.29, 0.717) is 6.61 Å². The zero-order valence-corrected chi connectivity index (χ0v) is 15.0. The predicted octanol–water partition coefficient (Wildman–Crippen LogP) is 4.44. The van der Waals surface area contributed by atoms with E-state index in [1.165, 1.54) is 0 Å². The van der Waals surface area contributed by atoms with Crippen LogP contribution in [0.25, 0.3) is 0 Å². The largest absolute Gasteiger partial charge is 0.492 e. The highest BCUT2D eigenvalue weighted by Crippen LogP contribution is 2.29. The number of ether oxygens (including phenoxy) is 1. The lowest BCUT2D eigenvalue weighted by atomic mass is 10.0. The van der Waals surface area contributed by atoms with Gasteiger partial charge in [-0.1, -0.05) is 18.5 Å². The standard InChI is InChI=1S/C16H18ClIN2O/c1-3-6-21-13-7-11(9-20-10-13)16(19-2)14-8-12(17)4-5-15(14)18/h4-5,7-10,16,19H,3,6H2,1-2H3. The van der Waals surface area contributed by atoms with Gasteiger partial charge in [-0.15, -0.1) is 0 Å². The quantitative estimate of drug-likeness (QED) is 0.707. The molecule has 0 radical (unpaired) electrons. The Labute approximate surface area is 144 Å². The van der Waals surface area contributed by atoms with Crippen molar-refractivity contribution in [3.63, 3.8) is 0 Å². The van der Waals surface area contributed by atoms with Gasteiger partial charge in [0.15, 0.2) is 0 Å². The summed E-state index contributed by atoms with van der Waals surface area (Å²) in [6, 6.07) is 7.98. The van der Waals surface area contributed by atoms with Crippen molar-refractivity contribution < 1.29 is 4.74 Å². The highest BCUT2D eigenvalue weighted by molar-refractivity contribution is 14.1. The lowest BCUT2D eigenvalue weighted by Gasteiger charge is -2.19.